The number of aliphatic imine (C=N–C) groups is 1. The Morgan fingerprint density at radius 1 is 1.06 bits per heavy atom. The average Bonchev–Trinajstić information content (AvgIpc) is 3.47. The molecule has 0 fully saturated rings. The van der Waals surface area contributed by atoms with Crippen LogP contribution < -0.4 is 16.0 Å². The highest BCUT2D eigenvalue weighted by Crippen LogP contribution is 2.12. The zero-order valence-electron chi connectivity index (χ0n) is 17.5. The second kappa shape index (κ2) is 11.3. The highest BCUT2D eigenvalue weighted by atomic mass is 127. The van der Waals surface area contributed by atoms with Crippen LogP contribution in [0, 0.1) is 0 Å². The SMILES string of the molecule is CCNC(=NCc1ccc(NC(=O)c2ccco2)cc1)NCc1nnc2ccccn12.I. The average molecular weight is 545 g/mol. The van der Waals surface area contributed by atoms with Crippen LogP contribution in [0.3, 0.4) is 0 Å². The van der Waals surface area contributed by atoms with E-state index in [0.29, 0.717) is 24.7 Å². The van der Waals surface area contributed by atoms with E-state index in [2.05, 4.69) is 31.1 Å². The molecule has 4 aromatic rings. The van der Waals surface area contributed by atoms with Crippen molar-refractivity contribution in [2.75, 3.05) is 11.9 Å². The van der Waals surface area contributed by atoms with E-state index in [1.807, 2.05) is 60.0 Å². The topological polar surface area (TPSA) is 109 Å². The molecule has 0 saturated carbocycles. The molecule has 166 valence electrons. The summed E-state index contributed by atoms with van der Waals surface area (Å²) >= 11 is 0. The summed E-state index contributed by atoms with van der Waals surface area (Å²) in [6.45, 7) is 3.74. The molecular formula is C22H24IN7O2. The Labute approximate surface area is 202 Å². The van der Waals surface area contributed by atoms with Gasteiger partial charge in [-0.05, 0) is 48.9 Å². The molecule has 0 bridgehead atoms. The second-order valence-electron chi connectivity index (χ2n) is 6.72. The molecule has 10 heteroatoms. The molecule has 1 amide bonds. The molecule has 0 aliphatic carbocycles. The van der Waals surface area contributed by atoms with Gasteiger partial charge < -0.3 is 20.4 Å². The predicted octanol–water partition coefficient (Wildman–Crippen LogP) is 3.45. The molecule has 0 aliphatic heterocycles. The van der Waals surface area contributed by atoms with Crippen LogP contribution in [0.2, 0.25) is 0 Å². The Balaban J connectivity index is 0.00000289. The lowest BCUT2D eigenvalue weighted by molar-refractivity contribution is 0.0996. The van der Waals surface area contributed by atoms with Crippen LogP contribution in [0.4, 0.5) is 5.69 Å². The van der Waals surface area contributed by atoms with Crippen molar-refractivity contribution in [1.82, 2.24) is 25.2 Å². The minimum absolute atomic E-state index is 0. The maximum atomic E-state index is 12.0. The summed E-state index contributed by atoms with van der Waals surface area (Å²) in [7, 11) is 0. The Hall–Kier alpha value is -3.41. The van der Waals surface area contributed by atoms with E-state index in [1.165, 1.54) is 6.26 Å². The number of furan rings is 1. The monoisotopic (exact) mass is 545 g/mol. The van der Waals surface area contributed by atoms with Crippen molar-refractivity contribution in [2.45, 2.75) is 20.0 Å². The molecule has 3 N–H and O–H groups in total. The molecule has 0 aliphatic rings. The summed E-state index contributed by atoms with van der Waals surface area (Å²) in [6, 6.07) is 16.6. The van der Waals surface area contributed by atoms with Crippen LogP contribution in [0.1, 0.15) is 28.9 Å². The van der Waals surface area contributed by atoms with Gasteiger partial charge in [0.05, 0.1) is 19.4 Å². The number of carbonyl (C=O) groups is 1. The first kappa shape index (κ1) is 23.3. The van der Waals surface area contributed by atoms with E-state index in [1.54, 1.807) is 12.1 Å². The summed E-state index contributed by atoms with van der Waals surface area (Å²) in [5, 5.41) is 17.7. The van der Waals surface area contributed by atoms with Crippen molar-refractivity contribution in [1.29, 1.82) is 0 Å². The molecular weight excluding hydrogens is 521 g/mol. The van der Waals surface area contributed by atoms with Gasteiger partial charge in [-0.25, -0.2) is 4.99 Å². The van der Waals surface area contributed by atoms with Gasteiger partial charge in [-0.15, -0.1) is 34.2 Å². The molecule has 0 saturated heterocycles. The normalized spacial score (nSPS) is 11.1. The zero-order valence-corrected chi connectivity index (χ0v) is 19.8. The summed E-state index contributed by atoms with van der Waals surface area (Å²) in [4.78, 5) is 16.7. The third-order valence-electron chi connectivity index (χ3n) is 4.52. The van der Waals surface area contributed by atoms with Gasteiger partial charge in [-0.1, -0.05) is 18.2 Å². The zero-order chi connectivity index (χ0) is 21.5. The maximum absolute atomic E-state index is 12.0. The number of amides is 1. The molecule has 4 rings (SSSR count). The van der Waals surface area contributed by atoms with Crippen LogP contribution >= 0.6 is 24.0 Å². The lowest BCUT2D eigenvalue weighted by atomic mass is 10.2. The number of halogens is 1. The van der Waals surface area contributed by atoms with E-state index >= 15 is 0 Å². The highest BCUT2D eigenvalue weighted by Gasteiger charge is 2.09. The van der Waals surface area contributed by atoms with Crippen molar-refractivity contribution in [3.05, 3.63) is 84.2 Å². The molecule has 0 spiro atoms. The predicted molar refractivity (Wildman–Crippen MR) is 133 cm³/mol. The van der Waals surface area contributed by atoms with Crippen LogP contribution in [0.5, 0.6) is 0 Å². The van der Waals surface area contributed by atoms with Gasteiger partial charge in [-0.3, -0.25) is 9.20 Å². The molecule has 3 aromatic heterocycles. The van der Waals surface area contributed by atoms with Crippen molar-refractivity contribution < 1.29 is 9.21 Å². The van der Waals surface area contributed by atoms with Gasteiger partial charge in [0.25, 0.3) is 5.91 Å². The van der Waals surface area contributed by atoms with Crippen molar-refractivity contribution in [3.63, 3.8) is 0 Å². The molecule has 1 aromatic carbocycles. The number of nitrogens with one attached hydrogen (secondary N) is 3. The number of pyridine rings is 1. The van der Waals surface area contributed by atoms with Gasteiger partial charge in [0.15, 0.2) is 23.2 Å². The number of rotatable bonds is 7. The van der Waals surface area contributed by atoms with Crippen LogP contribution in [0.15, 0.2) is 76.5 Å². The molecule has 32 heavy (non-hydrogen) atoms. The Morgan fingerprint density at radius 2 is 1.91 bits per heavy atom. The summed E-state index contributed by atoms with van der Waals surface area (Å²) in [5.74, 6) is 1.48. The van der Waals surface area contributed by atoms with Crippen molar-refractivity contribution >= 4 is 47.2 Å². The van der Waals surface area contributed by atoms with E-state index < -0.39 is 0 Å². The Morgan fingerprint density at radius 3 is 2.66 bits per heavy atom. The van der Waals surface area contributed by atoms with E-state index in [0.717, 1.165) is 23.6 Å². The standard InChI is InChI=1S/C22H23N7O2.HI/c1-2-23-22(25-15-20-28-27-19-7-3-4-12-29(19)20)24-14-16-8-10-17(11-9-16)26-21(30)18-6-5-13-31-18;/h3-13H,2,14-15H2,1H3,(H,26,30)(H2,23,24,25);1H. The fourth-order valence-electron chi connectivity index (χ4n) is 2.98. The fourth-order valence-corrected chi connectivity index (χ4v) is 2.98. The number of hydrogen-bond acceptors (Lipinski definition) is 5. The third-order valence-corrected chi connectivity index (χ3v) is 4.52. The molecule has 9 nitrogen and oxygen atoms in total. The van der Waals surface area contributed by atoms with Gasteiger partial charge in [-0.2, -0.15) is 0 Å². The second-order valence-corrected chi connectivity index (χ2v) is 6.72. The number of benzene rings is 1. The largest absolute Gasteiger partial charge is 0.459 e. The molecule has 0 radical (unpaired) electrons. The number of fused-ring (bicyclic) bond motifs is 1. The Kier molecular flexibility index (Phi) is 8.20. The third kappa shape index (κ3) is 5.84. The number of aromatic nitrogens is 3. The highest BCUT2D eigenvalue weighted by molar-refractivity contribution is 14.0. The maximum Gasteiger partial charge on any atom is 0.291 e. The van der Waals surface area contributed by atoms with E-state index in [4.69, 9.17) is 4.42 Å². The summed E-state index contributed by atoms with van der Waals surface area (Å²) in [5.41, 5.74) is 2.51. The number of carbonyl (C=O) groups excluding carboxylic acids is 1. The molecule has 0 atom stereocenters. The van der Waals surface area contributed by atoms with Crippen LogP contribution in [-0.2, 0) is 13.1 Å². The lowest BCUT2D eigenvalue weighted by Gasteiger charge is -2.11. The van der Waals surface area contributed by atoms with E-state index in [-0.39, 0.29) is 35.6 Å². The quantitative estimate of drug-likeness (QED) is 0.187. The van der Waals surface area contributed by atoms with Crippen LogP contribution in [0.25, 0.3) is 5.65 Å². The lowest BCUT2D eigenvalue weighted by Crippen LogP contribution is -2.37. The van der Waals surface area contributed by atoms with Gasteiger partial charge in [0, 0.05) is 18.4 Å². The first-order chi connectivity index (χ1) is 15.2. The van der Waals surface area contributed by atoms with E-state index in [9.17, 15) is 4.79 Å². The number of guanidine groups is 1. The Bertz CT molecular complexity index is 1170. The minimum Gasteiger partial charge on any atom is -0.459 e. The molecule has 0 unspecified atom stereocenters. The fraction of sp³-hybridized carbons (Fsp3) is 0.182. The van der Waals surface area contributed by atoms with Gasteiger partial charge in [0.1, 0.15) is 0 Å². The summed E-state index contributed by atoms with van der Waals surface area (Å²) in [6.07, 6.45) is 3.40. The van der Waals surface area contributed by atoms with Crippen molar-refractivity contribution in [2.24, 2.45) is 4.99 Å². The number of hydrogen-bond donors (Lipinski definition) is 3. The van der Waals surface area contributed by atoms with Crippen molar-refractivity contribution in [3.8, 4) is 0 Å². The molecule has 3 heterocycles. The first-order valence-electron chi connectivity index (χ1n) is 9.97. The summed E-state index contributed by atoms with van der Waals surface area (Å²) < 4.78 is 7.04. The minimum atomic E-state index is -0.282. The number of anilines is 1. The van der Waals surface area contributed by atoms with Crippen LogP contribution in [-0.4, -0.2) is 33.0 Å². The van der Waals surface area contributed by atoms with Gasteiger partial charge >= 0.3 is 0 Å². The number of nitrogens with zero attached hydrogens (tertiary/aromatic N) is 4. The smallest absolute Gasteiger partial charge is 0.291 e. The first-order valence-corrected chi connectivity index (χ1v) is 9.97. The van der Waals surface area contributed by atoms with Gasteiger partial charge in [0.2, 0.25) is 0 Å².